The van der Waals surface area contributed by atoms with Crippen LogP contribution in [0, 0.1) is 0 Å². The number of aromatic nitrogens is 3. The molecule has 0 aliphatic carbocycles. The number of fused-ring (bicyclic) bond motifs is 1. The Labute approximate surface area is 291 Å². The van der Waals surface area contributed by atoms with Crippen LogP contribution in [-0.4, -0.2) is 76.1 Å². The normalized spacial score (nSPS) is 14.1. The van der Waals surface area contributed by atoms with E-state index in [1.54, 1.807) is 48.3 Å². The molecule has 4 heterocycles. The molecule has 3 amide bonds. The van der Waals surface area contributed by atoms with E-state index in [-0.39, 0.29) is 23.8 Å². The molecule has 3 aromatic heterocycles. The highest BCUT2D eigenvalue weighted by molar-refractivity contribution is 6.07. The van der Waals surface area contributed by atoms with Gasteiger partial charge < -0.3 is 29.8 Å². The molecule has 258 valence electrons. The molecule has 1 fully saturated rings. The summed E-state index contributed by atoms with van der Waals surface area (Å²) in [7, 11) is 1.77. The predicted molar refractivity (Wildman–Crippen MR) is 197 cm³/mol. The molecule has 0 radical (unpaired) electrons. The zero-order chi connectivity index (χ0) is 35.0. The number of nitrogens with zero attached hydrogens (tertiary/aromatic N) is 4. The Balaban J connectivity index is 1.08. The highest BCUT2D eigenvalue weighted by atomic mass is 16.5. The van der Waals surface area contributed by atoms with E-state index in [9.17, 15) is 14.4 Å². The molecule has 11 heteroatoms. The summed E-state index contributed by atoms with van der Waals surface area (Å²) in [4.78, 5) is 46.4. The number of nitrogens with one attached hydrogen (secondary N) is 3. The number of amides is 3. The monoisotopic (exact) mass is 673 g/mol. The number of para-hydroxylation sites is 1. The van der Waals surface area contributed by atoms with Gasteiger partial charge in [0.05, 0.1) is 30.1 Å². The van der Waals surface area contributed by atoms with Crippen LogP contribution in [0.15, 0.2) is 85.3 Å². The molecule has 1 atom stereocenters. The van der Waals surface area contributed by atoms with Crippen molar-refractivity contribution in [3.63, 3.8) is 0 Å². The van der Waals surface area contributed by atoms with E-state index in [2.05, 4.69) is 31.9 Å². The van der Waals surface area contributed by atoms with Gasteiger partial charge in [-0.2, -0.15) is 0 Å². The minimum Gasteiger partial charge on any atom is -0.379 e. The van der Waals surface area contributed by atoms with Gasteiger partial charge in [0, 0.05) is 68.8 Å². The molecule has 0 spiro atoms. The van der Waals surface area contributed by atoms with Gasteiger partial charge in [-0.3, -0.25) is 24.3 Å². The number of pyridine rings is 1. The standard InChI is InChI=1S/C39H43N7O4/c1-4-27(2)46-26-33(42-37(47)30-13-11-28(12-14-30)9-10-29-21-31-7-5-6-8-34(31)41-24-29)23-36(46)39(49)43-32-22-35(44(3)25-32)38(48)40-15-16-45-17-19-50-20-18-45/h5-14,21-27H,4,15-20H2,1-3H3,(H,40,48)(H,42,47)(H,43,49)/b10-9+. The van der Waals surface area contributed by atoms with Gasteiger partial charge in [0.25, 0.3) is 17.7 Å². The number of aryl methyl sites for hydroxylation is 1. The summed E-state index contributed by atoms with van der Waals surface area (Å²) < 4.78 is 8.94. The predicted octanol–water partition coefficient (Wildman–Crippen LogP) is 6.08. The SMILES string of the molecule is CCC(C)n1cc(NC(=O)c2ccc(/C=C/c3cnc4ccccc4c3)cc2)cc1C(=O)Nc1cc(C(=O)NCCN2CCOCC2)n(C)c1. The van der Waals surface area contributed by atoms with Crippen LogP contribution in [-0.2, 0) is 11.8 Å². The van der Waals surface area contributed by atoms with Crippen LogP contribution in [0.5, 0.6) is 0 Å². The summed E-state index contributed by atoms with van der Waals surface area (Å²) in [5.41, 5.74) is 5.26. The highest BCUT2D eigenvalue weighted by Gasteiger charge is 2.20. The van der Waals surface area contributed by atoms with Crippen LogP contribution in [0.2, 0.25) is 0 Å². The molecule has 1 aliphatic rings. The van der Waals surface area contributed by atoms with Crippen molar-refractivity contribution in [1.82, 2.24) is 24.3 Å². The van der Waals surface area contributed by atoms with Crippen LogP contribution >= 0.6 is 0 Å². The van der Waals surface area contributed by atoms with E-state index in [4.69, 9.17) is 4.74 Å². The average Bonchev–Trinajstić information content (AvgIpc) is 3.73. The first-order valence-corrected chi connectivity index (χ1v) is 17.0. The number of morpholine rings is 1. The van der Waals surface area contributed by atoms with Crippen molar-refractivity contribution in [3.05, 3.63) is 113 Å². The number of ether oxygens (including phenoxy) is 1. The lowest BCUT2D eigenvalue weighted by Crippen LogP contribution is -2.41. The zero-order valence-electron chi connectivity index (χ0n) is 28.7. The summed E-state index contributed by atoms with van der Waals surface area (Å²) in [6.45, 7) is 8.47. The van der Waals surface area contributed by atoms with Crippen molar-refractivity contribution in [2.45, 2.75) is 26.3 Å². The number of benzene rings is 2. The Bertz CT molecular complexity index is 2000. The molecule has 1 saturated heterocycles. The maximum absolute atomic E-state index is 13.5. The van der Waals surface area contributed by atoms with Gasteiger partial charge in [-0.05, 0) is 60.9 Å². The average molecular weight is 674 g/mol. The molecule has 2 aromatic carbocycles. The topological polar surface area (TPSA) is 123 Å². The molecule has 3 N–H and O–H groups in total. The molecule has 0 bridgehead atoms. The lowest BCUT2D eigenvalue weighted by molar-refractivity contribution is 0.0383. The van der Waals surface area contributed by atoms with Gasteiger partial charge in [-0.25, -0.2) is 0 Å². The lowest BCUT2D eigenvalue weighted by atomic mass is 10.1. The quantitative estimate of drug-likeness (QED) is 0.148. The third-order valence-corrected chi connectivity index (χ3v) is 8.97. The molecule has 11 nitrogen and oxygen atoms in total. The van der Waals surface area contributed by atoms with Crippen LogP contribution in [0.1, 0.15) is 68.8 Å². The Morgan fingerprint density at radius 1 is 0.860 bits per heavy atom. The maximum atomic E-state index is 13.5. The van der Waals surface area contributed by atoms with Gasteiger partial charge in [0.2, 0.25) is 0 Å². The number of carbonyl (C=O) groups is 3. The third kappa shape index (κ3) is 8.36. The number of hydrogen-bond acceptors (Lipinski definition) is 6. The molecular weight excluding hydrogens is 630 g/mol. The Morgan fingerprint density at radius 2 is 1.56 bits per heavy atom. The second-order valence-electron chi connectivity index (χ2n) is 12.5. The number of rotatable bonds is 12. The molecular formula is C39H43N7O4. The van der Waals surface area contributed by atoms with E-state index in [1.807, 2.05) is 73.2 Å². The molecule has 1 unspecified atom stereocenters. The minimum absolute atomic E-state index is 0.00820. The van der Waals surface area contributed by atoms with Crippen molar-refractivity contribution in [3.8, 4) is 0 Å². The fraction of sp³-hybridized carbons (Fsp3) is 0.282. The fourth-order valence-electron chi connectivity index (χ4n) is 5.91. The smallest absolute Gasteiger partial charge is 0.272 e. The second kappa shape index (κ2) is 15.8. The summed E-state index contributed by atoms with van der Waals surface area (Å²) in [5, 5.41) is 9.93. The molecule has 1 aliphatic heterocycles. The van der Waals surface area contributed by atoms with Crippen molar-refractivity contribution < 1.29 is 19.1 Å². The summed E-state index contributed by atoms with van der Waals surface area (Å²) in [6, 6.07) is 20.8. The Kier molecular flexibility index (Phi) is 10.9. The van der Waals surface area contributed by atoms with Gasteiger partial charge >= 0.3 is 0 Å². The number of hydrogen-bond donors (Lipinski definition) is 3. The highest BCUT2D eigenvalue weighted by Crippen LogP contribution is 2.24. The first-order chi connectivity index (χ1) is 24.3. The molecule has 5 aromatic rings. The van der Waals surface area contributed by atoms with Gasteiger partial charge in [0.1, 0.15) is 11.4 Å². The molecule has 6 rings (SSSR count). The first kappa shape index (κ1) is 34.3. The third-order valence-electron chi connectivity index (χ3n) is 8.97. The Hall–Kier alpha value is -5.52. The van der Waals surface area contributed by atoms with Crippen molar-refractivity contribution in [2.75, 3.05) is 50.0 Å². The van der Waals surface area contributed by atoms with E-state index in [1.165, 1.54) is 0 Å². The van der Waals surface area contributed by atoms with Crippen LogP contribution in [0.4, 0.5) is 11.4 Å². The lowest BCUT2D eigenvalue weighted by Gasteiger charge is -2.26. The minimum atomic E-state index is -0.339. The van der Waals surface area contributed by atoms with Crippen LogP contribution in [0.3, 0.4) is 0 Å². The van der Waals surface area contributed by atoms with Crippen LogP contribution < -0.4 is 16.0 Å². The van der Waals surface area contributed by atoms with Gasteiger partial charge in [-0.15, -0.1) is 0 Å². The summed E-state index contributed by atoms with van der Waals surface area (Å²) in [6.07, 6.45) is 10.1. The largest absolute Gasteiger partial charge is 0.379 e. The number of carbonyl (C=O) groups excluding carboxylic acids is 3. The van der Waals surface area contributed by atoms with E-state index < -0.39 is 0 Å². The summed E-state index contributed by atoms with van der Waals surface area (Å²) >= 11 is 0. The van der Waals surface area contributed by atoms with Crippen LogP contribution in [0.25, 0.3) is 23.1 Å². The van der Waals surface area contributed by atoms with Crippen molar-refractivity contribution in [2.24, 2.45) is 7.05 Å². The summed E-state index contributed by atoms with van der Waals surface area (Å²) in [5.74, 6) is -0.825. The number of anilines is 2. The Morgan fingerprint density at radius 3 is 2.34 bits per heavy atom. The van der Waals surface area contributed by atoms with Crippen molar-refractivity contribution >= 4 is 52.2 Å². The molecule has 0 saturated carbocycles. The van der Waals surface area contributed by atoms with Gasteiger partial charge in [0.15, 0.2) is 0 Å². The van der Waals surface area contributed by atoms with E-state index in [0.29, 0.717) is 48.1 Å². The van der Waals surface area contributed by atoms with E-state index >= 15 is 0 Å². The zero-order valence-corrected chi connectivity index (χ0v) is 28.7. The second-order valence-corrected chi connectivity index (χ2v) is 12.5. The maximum Gasteiger partial charge on any atom is 0.272 e. The van der Waals surface area contributed by atoms with Crippen molar-refractivity contribution in [1.29, 1.82) is 0 Å². The van der Waals surface area contributed by atoms with Gasteiger partial charge in [-0.1, -0.05) is 49.4 Å². The molecule has 50 heavy (non-hydrogen) atoms. The fourth-order valence-corrected chi connectivity index (χ4v) is 5.91. The first-order valence-electron chi connectivity index (χ1n) is 17.0. The van der Waals surface area contributed by atoms with E-state index in [0.717, 1.165) is 48.1 Å².